The van der Waals surface area contributed by atoms with Crippen molar-refractivity contribution in [3.8, 4) is 0 Å². The lowest BCUT2D eigenvalue weighted by molar-refractivity contribution is -0.147. The van der Waals surface area contributed by atoms with Crippen LogP contribution in [0.1, 0.15) is 20.3 Å². The first-order valence-corrected chi connectivity index (χ1v) is 6.77. The average molecular weight is 235 g/mol. The van der Waals surface area contributed by atoms with E-state index in [2.05, 4.69) is 0 Å². The highest BCUT2D eigenvalue weighted by molar-refractivity contribution is 7.91. The Bertz CT molecular complexity index is 342. The maximum Gasteiger partial charge on any atom is 0.253 e. The van der Waals surface area contributed by atoms with E-state index in [1.165, 1.54) is 18.7 Å². The molecule has 0 aliphatic carbocycles. The van der Waals surface area contributed by atoms with Crippen molar-refractivity contribution in [2.45, 2.75) is 25.9 Å². The van der Waals surface area contributed by atoms with Crippen molar-refractivity contribution in [2.75, 3.05) is 24.6 Å². The minimum atomic E-state index is -3.01. The van der Waals surface area contributed by atoms with Gasteiger partial charge < -0.3 is 10.0 Å². The fourth-order valence-corrected chi connectivity index (χ4v) is 2.80. The highest BCUT2D eigenvalue weighted by Crippen LogP contribution is 2.11. The molecule has 5 nitrogen and oxygen atoms in total. The van der Waals surface area contributed by atoms with Gasteiger partial charge in [-0.1, -0.05) is 0 Å². The van der Waals surface area contributed by atoms with E-state index in [0.29, 0.717) is 13.0 Å². The fourth-order valence-electron chi connectivity index (χ4n) is 1.53. The van der Waals surface area contributed by atoms with Crippen LogP contribution in [0.4, 0.5) is 0 Å². The molecule has 1 heterocycles. The van der Waals surface area contributed by atoms with Crippen LogP contribution in [0.25, 0.3) is 0 Å². The van der Waals surface area contributed by atoms with E-state index in [-0.39, 0.29) is 18.1 Å². The molecule has 0 atom stereocenters. The third-order valence-electron chi connectivity index (χ3n) is 2.37. The number of nitrogens with zero attached hydrogens (tertiary/aromatic N) is 1. The summed E-state index contributed by atoms with van der Waals surface area (Å²) in [6.45, 7) is 3.41. The highest BCUT2D eigenvalue weighted by atomic mass is 32.2. The molecule has 1 saturated heterocycles. The van der Waals surface area contributed by atoms with E-state index < -0.39 is 21.3 Å². The Kier molecular flexibility index (Phi) is 3.40. The molecule has 1 aliphatic heterocycles. The number of carbonyl (C=O) groups excluding carboxylic acids is 1. The number of hydrogen-bond acceptors (Lipinski definition) is 4. The predicted molar refractivity (Wildman–Crippen MR) is 56.1 cm³/mol. The summed E-state index contributed by atoms with van der Waals surface area (Å²) in [4.78, 5) is 13.1. The Morgan fingerprint density at radius 2 is 1.87 bits per heavy atom. The summed E-state index contributed by atoms with van der Waals surface area (Å²) in [5.74, 6) is -0.281. The molecular weight excluding hydrogens is 218 g/mol. The van der Waals surface area contributed by atoms with Gasteiger partial charge >= 0.3 is 0 Å². The van der Waals surface area contributed by atoms with Gasteiger partial charge in [0.25, 0.3) is 5.91 Å². The molecule has 0 radical (unpaired) electrons. The highest BCUT2D eigenvalue weighted by Gasteiger charge is 2.31. The lowest BCUT2D eigenvalue weighted by Crippen LogP contribution is -2.46. The fraction of sp³-hybridized carbons (Fsp3) is 0.889. The largest absolute Gasteiger partial charge is 0.381 e. The molecule has 15 heavy (non-hydrogen) atoms. The van der Waals surface area contributed by atoms with Gasteiger partial charge in [0.2, 0.25) is 0 Å². The van der Waals surface area contributed by atoms with Crippen LogP contribution in [0.3, 0.4) is 0 Å². The van der Waals surface area contributed by atoms with E-state index in [4.69, 9.17) is 0 Å². The van der Waals surface area contributed by atoms with Gasteiger partial charge in [-0.25, -0.2) is 8.42 Å². The van der Waals surface area contributed by atoms with E-state index in [0.717, 1.165) is 0 Å². The summed E-state index contributed by atoms with van der Waals surface area (Å²) in [5, 5.41) is 9.52. The van der Waals surface area contributed by atoms with Gasteiger partial charge in [0, 0.05) is 13.1 Å². The minimum absolute atomic E-state index is 0.00514. The lowest BCUT2D eigenvalue weighted by atomic mass is 10.1. The molecule has 88 valence electrons. The topological polar surface area (TPSA) is 74.7 Å². The third-order valence-corrected chi connectivity index (χ3v) is 4.08. The van der Waals surface area contributed by atoms with Gasteiger partial charge in [-0.05, 0) is 20.3 Å². The average Bonchev–Trinajstić information content (AvgIpc) is 2.23. The number of rotatable bonds is 1. The Morgan fingerprint density at radius 1 is 1.27 bits per heavy atom. The molecule has 1 rings (SSSR count). The summed E-state index contributed by atoms with van der Waals surface area (Å²) < 4.78 is 22.6. The van der Waals surface area contributed by atoms with Crippen molar-refractivity contribution >= 4 is 15.7 Å². The molecule has 1 aliphatic rings. The number of carbonyl (C=O) groups is 1. The number of sulfone groups is 1. The van der Waals surface area contributed by atoms with Crippen LogP contribution in [0.5, 0.6) is 0 Å². The SMILES string of the molecule is CC(C)(O)C(=O)N1CCCS(=O)(=O)CC1. The Balaban J connectivity index is 2.71. The predicted octanol–water partition coefficient (Wildman–Crippen LogP) is -0.596. The van der Waals surface area contributed by atoms with Crippen molar-refractivity contribution in [3.05, 3.63) is 0 Å². The van der Waals surface area contributed by atoms with Crippen molar-refractivity contribution in [2.24, 2.45) is 0 Å². The second-order valence-electron chi connectivity index (χ2n) is 4.36. The molecular formula is C9H17NO4S. The summed E-state index contributed by atoms with van der Waals surface area (Å²) >= 11 is 0. The van der Waals surface area contributed by atoms with Gasteiger partial charge in [0.05, 0.1) is 11.5 Å². The monoisotopic (exact) mass is 235 g/mol. The molecule has 1 N–H and O–H groups in total. The molecule has 1 fully saturated rings. The van der Waals surface area contributed by atoms with E-state index in [1.807, 2.05) is 0 Å². The van der Waals surface area contributed by atoms with E-state index in [1.54, 1.807) is 0 Å². The molecule has 0 bridgehead atoms. The quantitative estimate of drug-likeness (QED) is 0.659. The van der Waals surface area contributed by atoms with Crippen molar-refractivity contribution in [3.63, 3.8) is 0 Å². The van der Waals surface area contributed by atoms with Crippen LogP contribution in [-0.4, -0.2) is 54.5 Å². The standard InChI is InChI=1S/C9H17NO4S/c1-9(2,12)8(11)10-4-3-6-15(13,14)7-5-10/h12H,3-7H2,1-2H3. The summed E-state index contributed by atoms with van der Waals surface area (Å²) in [6, 6.07) is 0. The zero-order chi connectivity index (χ0) is 11.7. The maximum absolute atomic E-state index is 11.7. The second-order valence-corrected chi connectivity index (χ2v) is 6.66. The van der Waals surface area contributed by atoms with Gasteiger partial charge in [-0.15, -0.1) is 0 Å². The van der Waals surface area contributed by atoms with Gasteiger partial charge in [-0.3, -0.25) is 4.79 Å². The van der Waals surface area contributed by atoms with Crippen molar-refractivity contribution in [1.29, 1.82) is 0 Å². The van der Waals surface area contributed by atoms with Crippen LogP contribution >= 0.6 is 0 Å². The first kappa shape index (κ1) is 12.4. The van der Waals surface area contributed by atoms with Crippen LogP contribution < -0.4 is 0 Å². The molecule has 0 saturated carbocycles. The molecule has 0 aromatic rings. The molecule has 0 aromatic heterocycles. The third kappa shape index (κ3) is 3.46. The summed E-state index contributed by atoms with van der Waals surface area (Å²) in [6.07, 6.45) is 0.449. The van der Waals surface area contributed by atoms with Crippen LogP contribution in [-0.2, 0) is 14.6 Å². The van der Waals surface area contributed by atoms with E-state index >= 15 is 0 Å². The zero-order valence-corrected chi connectivity index (χ0v) is 9.88. The minimum Gasteiger partial charge on any atom is -0.381 e. The zero-order valence-electron chi connectivity index (χ0n) is 9.06. The first-order valence-electron chi connectivity index (χ1n) is 4.94. The van der Waals surface area contributed by atoms with Crippen LogP contribution in [0, 0.1) is 0 Å². The van der Waals surface area contributed by atoms with Crippen molar-refractivity contribution in [1.82, 2.24) is 4.90 Å². The van der Waals surface area contributed by atoms with Gasteiger partial charge in [0.1, 0.15) is 5.60 Å². The van der Waals surface area contributed by atoms with Crippen LogP contribution in [0.2, 0.25) is 0 Å². The van der Waals surface area contributed by atoms with Gasteiger partial charge in [0.15, 0.2) is 9.84 Å². The number of aliphatic hydroxyl groups is 1. The molecule has 0 unspecified atom stereocenters. The van der Waals surface area contributed by atoms with E-state index in [9.17, 15) is 18.3 Å². The molecule has 0 spiro atoms. The summed E-state index contributed by atoms with van der Waals surface area (Å²) in [5.41, 5.74) is -1.42. The Morgan fingerprint density at radius 3 is 2.40 bits per heavy atom. The normalized spacial score (nSPS) is 22.2. The first-order chi connectivity index (χ1) is 6.72. The molecule has 6 heteroatoms. The summed E-state index contributed by atoms with van der Waals surface area (Å²) in [7, 11) is -3.01. The number of amides is 1. The molecule has 1 amide bonds. The maximum atomic E-state index is 11.7. The smallest absolute Gasteiger partial charge is 0.253 e. The Labute approximate surface area is 90.0 Å². The number of hydrogen-bond donors (Lipinski definition) is 1. The Hall–Kier alpha value is -0.620. The molecule has 0 aromatic carbocycles. The second kappa shape index (κ2) is 4.09. The lowest BCUT2D eigenvalue weighted by Gasteiger charge is -2.26. The van der Waals surface area contributed by atoms with Crippen molar-refractivity contribution < 1.29 is 18.3 Å². The van der Waals surface area contributed by atoms with Gasteiger partial charge in [-0.2, -0.15) is 0 Å². The van der Waals surface area contributed by atoms with Crippen LogP contribution in [0.15, 0.2) is 0 Å².